The fourth-order valence-electron chi connectivity index (χ4n) is 2.30. The molecule has 0 heterocycles. The summed E-state index contributed by atoms with van der Waals surface area (Å²) in [5.74, 6) is 2.34. The number of allylic oxidation sites excluding steroid dienone is 4. The van der Waals surface area contributed by atoms with Crippen molar-refractivity contribution in [3.8, 4) is 0 Å². The zero-order chi connectivity index (χ0) is 8.55. The van der Waals surface area contributed by atoms with Gasteiger partial charge in [-0.2, -0.15) is 0 Å². The molecule has 1 saturated carbocycles. The van der Waals surface area contributed by atoms with Crippen LogP contribution < -0.4 is 0 Å². The van der Waals surface area contributed by atoms with Crippen LogP contribution in [0, 0.1) is 17.8 Å². The van der Waals surface area contributed by atoms with Gasteiger partial charge < -0.3 is 0 Å². The first-order valence-corrected chi connectivity index (χ1v) is 4.63. The van der Waals surface area contributed by atoms with Crippen molar-refractivity contribution in [3.63, 3.8) is 0 Å². The third-order valence-corrected chi connectivity index (χ3v) is 2.91. The minimum Gasteiger partial charge on any atom is -0.295 e. The van der Waals surface area contributed by atoms with Gasteiger partial charge in [0.05, 0.1) is 0 Å². The van der Waals surface area contributed by atoms with Gasteiger partial charge in [-0.15, -0.1) is 0 Å². The van der Waals surface area contributed by atoms with E-state index in [0.29, 0.717) is 5.92 Å². The van der Waals surface area contributed by atoms with Gasteiger partial charge in [-0.1, -0.05) is 18.2 Å². The molecule has 0 unspecified atom stereocenters. The van der Waals surface area contributed by atoms with Gasteiger partial charge in [0.25, 0.3) is 0 Å². The van der Waals surface area contributed by atoms with Crippen LogP contribution in [-0.4, -0.2) is 5.78 Å². The molecule has 0 aromatic carbocycles. The quantitative estimate of drug-likeness (QED) is 0.450. The van der Waals surface area contributed by atoms with Crippen LogP contribution in [0.3, 0.4) is 0 Å². The first-order chi connectivity index (χ1) is 5.75. The first kappa shape index (κ1) is 7.78. The number of hydrogen-bond donors (Lipinski definition) is 0. The number of hydrogen-bond acceptors (Lipinski definition) is 1. The van der Waals surface area contributed by atoms with Gasteiger partial charge in [0, 0.05) is 0 Å². The summed E-state index contributed by atoms with van der Waals surface area (Å²) in [6.07, 6.45) is 11.0. The van der Waals surface area contributed by atoms with Crippen LogP contribution in [0.2, 0.25) is 0 Å². The number of rotatable bonds is 2. The summed E-state index contributed by atoms with van der Waals surface area (Å²) in [6, 6.07) is 0. The molecule has 3 atom stereocenters. The van der Waals surface area contributed by atoms with E-state index >= 15 is 0 Å². The highest BCUT2D eigenvalue weighted by atomic mass is 16.1. The van der Waals surface area contributed by atoms with Crippen molar-refractivity contribution in [3.05, 3.63) is 24.3 Å². The molecule has 2 aliphatic carbocycles. The minimum atomic E-state index is 0.168. The van der Waals surface area contributed by atoms with Gasteiger partial charge in [0.15, 0.2) is 5.78 Å². The van der Waals surface area contributed by atoms with Crippen molar-refractivity contribution in [1.29, 1.82) is 0 Å². The van der Waals surface area contributed by atoms with Gasteiger partial charge in [0.2, 0.25) is 0 Å². The number of carbonyl (C=O) groups excluding carboxylic acids is 1. The van der Waals surface area contributed by atoms with Crippen molar-refractivity contribution in [2.24, 2.45) is 17.8 Å². The second-order valence-corrected chi connectivity index (χ2v) is 3.91. The van der Waals surface area contributed by atoms with Gasteiger partial charge in [-0.3, -0.25) is 4.79 Å². The predicted octanol–water partition coefficient (Wildman–Crippen LogP) is 2.34. The van der Waals surface area contributed by atoms with E-state index < -0.39 is 0 Å². The second kappa shape index (κ2) is 2.89. The Morgan fingerprint density at radius 3 is 2.75 bits per heavy atom. The molecule has 2 rings (SSSR count). The Morgan fingerprint density at radius 1 is 1.42 bits per heavy atom. The summed E-state index contributed by atoms with van der Waals surface area (Å²) in [5, 5.41) is 0. The van der Waals surface area contributed by atoms with Crippen molar-refractivity contribution >= 4 is 5.78 Å². The molecular formula is C11H14O. The molecule has 1 heteroatoms. The molecule has 1 nitrogen and oxygen atoms in total. The standard InChI is InChI=1S/C11H14O/c1-8(12)2-4-10-6-9-3-5-11(10)7-9/h2-5,9-11H,6-7H2,1H3/b4-2+/t9-,10+,11-/m1/s1. The van der Waals surface area contributed by atoms with Crippen LogP contribution in [0.25, 0.3) is 0 Å². The van der Waals surface area contributed by atoms with Gasteiger partial charge in [-0.05, 0) is 43.6 Å². The maximum atomic E-state index is 10.7. The predicted molar refractivity (Wildman–Crippen MR) is 48.7 cm³/mol. The molecule has 0 aliphatic heterocycles. The van der Waals surface area contributed by atoms with Crippen molar-refractivity contribution in [1.82, 2.24) is 0 Å². The summed E-state index contributed by atoms with van der Waals surface area (Å²) < 4.78 is 0. The smallest absolute Gasteiger partial charge is 0.152 e. The van der Waals surface area contributed by atoms with E-state index in [1.54, 1.807) is 13.0 Å². The number of ketones is 1. The molecule has 0 amide bonds. The van der Waals surface area contributed by atoms with Crippen LogP contribution >= 0.6 is 0 Å². The summed E-state index contributed by atoms with van der Waals surface area (Å²) in [6.45, 7) is 1.61. The lowest BCUT2D eigenvalue weighted by atomic mass is 9.93. The highest BCUT2D eigenvalue weighted by molar-refractivity contribution is 5.87. The SMILES string of the molecule is CC(=O)/C=C/[C@H]1C[C@H]2C=C[C@@H]1C2. The van der Waals surface area contributed by atoms with E-state index in [9.17, 15) is 4.79 Å². The normalized spacial score (nSPS) is 38.2. The highest BCUT2D eigenvalue weighted by Gasteiger charge is 2.33. The number of carbonyl (C=O) groups is 1. The van der Waals surface area contributed by atoms with E-state index in [2.05, 4.69) is 18.2 Å². The largest absolute Gasteiger partial charge is 0.295 e. The molecule has 0 aromatic heterocycles. The lowest BCUT2D eigenvalue weighted by Gasteiger charge is -2.12. The first-order valence-electron chi connectivity index (χ1n) is 4.63. The van der Waals surface area contributed by atoms with E-state index in [1.165, 1.54) is 12.8 Å². The maximum Gasteiger partial charge on any atom is 0.152 e. The molecule has 1 fully saturated rings. The molecule has 0 saturated heterocycles. The minimum absolute atomic E-state index is 0.168. The summed E-state index contributed by atoms with van der Waals surface area (Å²) >= 11 is 0. The number of fused-ring (bicyclic) bond motifs is 2. The fraction of sp³-hybridized carbons (Fsp3) is 0.545. The zero-order valence-corrected chi connectivity index (χ0v) is 7.36. The van der Waals surface area contributed by atoms with E-state index in [1.807, 2.05) is 0 Å². The average Bonchev–Trinajstić information content (AvgIpc) is 2.60. The molecule has 64 valence electrons. The van der Waals surface area contributed by atoms with Crippen LogP contribution in [0.15, 0.2) is 24.3 Å². The molecule has 12 heavy (non-hydrogen) atoms. The Bertz CT molecular complexity index is 250. The lowest BCUT2D eigenvalue weighted by Crippen LogP contribution is -2.03. The van der Waals surface area contributed by atoms with Gasteiger partial charge in [-0.25, -0.2) is 0 Å². The van der Waals surface area contributed by atoms with Crippen molar-refractivity contribution in [2.75, 3.05) is 0 Å². The Labute approximate surface area is 73.2 Å². The molecule has 2 aliphatic rings. The molecule has 0 aromatic rings. The molecule has 0 N–H and O–H groups in total. The maximum absolute atomic E-state index is 10.7. The summed E-state index contributed by atoms with van der Waals surface area (Å²) in [4.78, 5) is 10.7. The van der Waals surface area contributed by atoms with E-state index in [4.69, 9.17) is 0 Å². The molecule has 0 spiro atoms. The lowest BCUT2D eigenvalue weighted by molar-refractivity contribution is -0.112. The third-order valence-electron chi connectivity index (χ3n) is 2.91. The van der Waals surface area contributed by atoms with Crippen LogP contribution in [0.1, 0.15) is 19.8 Å². The molecular weight excluding hydrogens is 148 g/mol. The van der Waals surface area contributed by atoms with Gasteiger partial charge >= 0.3 is 0 Å². The monoisotopic (exact) mass is 162 g/mol. The summed E-state index contributed by atoms with van der Waals surface area (Å²) in [5.41, 5.74) is 0. The van der Waals surface area contributed by atoms with E-state index in [-0.39, 0.29) is 5.78 Å². The fourth-order valence-corrected chi connectivity index (χ4v) is 2.30. The van der Waals surface area contributed by atoms with Gasteiger partial charge in [0.1, 0.15) is 0 Å². The second-order valence-electron chi connectivity index (χ2n) is 3.91. The highest BCUT2D eigenvalue weighted by Crippen LogP contribution is 2.43. The van der Waals surface area contributed by atoms with E-state index in [0.717, 1.165) is 11.8 Å². The Hall–Kier alpha value is -0.850. The molecule has 2 bridgehead atoms. The Morgan fingerprint density at radius 2 is 2.25 bits per heavy atom. The van der Waals surface area contributed by atoms with Crippen LogP contribution in [0.4, 0.5) is 0 Å². The Balaban J connectivity index is 1.99. The topological polar surface area (TPSA) is 17.1 Å². The zero-order valence-electron chi connectivity index (χ0n) is 7.36. The molecule has 0 radical (unpaired) electrons. The third kappa shape index (κ3) is 1.36. The Kier molecular flexibility index (Phi) is 1.87. The van der Waals surface area contributed by atoms with Crippen molar-refractivity contribution < 1.29 is 4.79 Å². The summed E-state index contributed by atoms with van der Waals surface area (Å²) in [7, 11) is 0. The average molecular weight is 162 g/mol. The van der Waals surface area contributed by atoms with Crippen LogP contribution in [-0.2, 0) is 4.79 Å². The van der Waals surface area contributed by atoms with Crippen molar-refractivity contribution in [2.45, 2.75) is 19.8 Å². The van der Waals surface area contributed by atoms with Crippen LogP contribution in [0.5, 0.6) is 0 Å².